The summed E-state index contributed by atoms with van der Waals surface area (Å²) in [6, 6.07) is 10.5. The van der Waals surface area contributed by atoms with Crippen molar-refractivity contribution in [2.45, 2.75) is 13.0 Å². The first-order valence-electron chi connectivity index (χ1n) is 6.91. The van der Waals surface area contributed by atoms with Crippen molar-refractivity contribution in [3.63, 3.8) is 0 Å². The summed E-state index contributed by atoms with van der Waals surface area (Å²) in [7, 11) is 0. The van der Waals surface area contributed by atoms with Crippen LogP contribution in [0.5, 0.6) is 0 Å². The van der Waals surface area contributed by atoms with Crippen molar-refractivity contribution in [1.29, 1.82) is 0 Å². The van der Waals surface area contributed by atoms with Crippen LogP contribution in [0.2, 0.25) is 0 Å². The van der Waals surface area contributed by atoms with E-state index in [0.717, 1.165) is 35.6 Å². The van der Waals surface area contributed by atoms with Gasteiger partial charge in [-0.1, -0.05) is 12.1 Å². The van der Waals surface area contributed by atoms with E-state index in [1.165, 1.54) is 12.1 Å². The monoisotopic (exact) mass is 283 g/mol. The molecule has 2 aromatic heterocycles. The summed E-state index contributed by atoms with van der Waals surface area (Å²) < 4.78 is 15.4. The number of hydrogen-bond acceptors (Lipinski definition) is 3. The predicted octanol–water partition coefficient (Wildman–Crippen LogP) is 2.66. The minimum Gasteiger partial charge on any atom is -0.390 e. The second-order valence-corrected chi connectivity index (χ2v) is 5.14. The lowest BCUT2D eigenvalue weighted by Gasteiger charge is -2.18. The summed E-state index contributed by atoms with van der Waals surface area (Å²) in [5, 5.41) is 9.71. The van der Waals surface area contributed by atoms with Gasteiger partial charge in [0.15, 0.2) is 5.82 Å². The zero-order valence-electron chi connectivity index (χ0n) is 11.3. The summed E-state index contributed by atoms with van der Waals surface area (Å²) in [6.45, 7) is 0.636. The summed E-state index contributed by atoms with van der Waals surface area (Å²) in [5.41, 5.74) is 3.45. The summed E-state index contributed by atoms with van der Waals surface area (Å²) >= 11 is 0. The lowest BCUT2D eigenvalue weighted by Crippen LogP contribution is -2.16. The van der Waals surface area contributed by atoms with Crippen molar-refractivity contribution >= 4 is 17.2 Å². The molecule has 1 aliphatic heterocycles. The number of halogens is 1. The van der Waals surface area contributed by atoms with Crippen molar-refractivity contribution in [2.24, 2.45) is 0 Å². The number of hydrogen-bond donors (Lipinski definition) is 1. The van der Waals surface area contributed by atoms with Crippen molar-refractivity contribution in [3.05, 3.63) is 59.7 Å². The van der Waals surface area contributed by atoms with Crippen molar-refractivity contribution in [1.82, 2.24) is 9.38 Å². The highest BCUT2D eigenvalue weighted by Gasteiger charge is 2.25. The third-order valence-electron chi connectivity index (χ3n) is 3.96. The molecule has 0 aliphatic carbocycles. The van der Waals surface area contributed by atoms with Gasteiger partial charge in [-0.2, -0.15) is 0 Å². The zero-order chi connectivity index (χ0) is 14.4. The lowest BCUT2D eigenvalue weighted by atomic mass is 10.2. The molecule has 0 bridgehead atoms. The minimum absolute atomic E-state index is 0.109. The average Bonchev–Trinajstić information content (AvgIpc) is 3.06. The van der Waals surface area contributed by atoms with Gasteiger partial charge < -0.3 is 10.0 Å². The first-order valence-corrected chi connectivity index (χ1v) is 6.91. The van der Waals surface area contributed by atoms with Gasteiger partial charge in [-0.25, -0.2) is 9.37 Å². The van der Waals surface area contributed by atoms with Crippen molar-refractivity contribution in [2.75, 3.05) is 11.4 Å². The van der Waals surface area contributed by atoms with Crippen LogP contribution in [0.3, 0.4) is 0 Å². The van der Waals surface area contributed by atoms with E-state index >= 15 is 0 Å². The predicted molar refractivity (Wildman–Crippen MR) is 78.2 cm³/mol. The lowest BCUT2D eigenvalue weighted by molar-refractivity contribution is 0.276. The molecular formula is C16H14FN3O. The quantitative estimate of drug-likeness (QED) is 0.786. The Labute approximate surface area is 121 Å². The molecule has 0 spiro atoms. The van der Waals surface area contributed by atoms with E-state index in [4.69, 9.17) is 0 Å². The van der Waals surface area contributed by atoms with Crippen LogP contribution >= 0.6 is 0 Å². The van der Waals surface area contributed by atoms with Crippen molar-refractivity contribution in [3.8, 4) is 0 Å². The minimum atomic E-state index is -0.255. The Morgan fingerprint density at radius 3 is 3.00 bits per heavy atom. The highest BCUT2D eigenvalue weighted by atomic mass is 19.1. The van der Waals surface area contributed by atoms with E-state index in [9.17, 15) is 9.50 Å². The Hall–Kier alpha value is -2.40. The number of aromatic nitrogens is 2. The van der Waals surface area contributed by atoms with Gasteiger partial charge in [0, 0.05) is 18.4 Å². The molecule has 0 radical (unpaired) electrons. The molecule has 0 saturated carbocycles. The molecule has 1 aromatic carbocycles. The van der Waals surface area contributed by atoms with Crippen LogP contribution in [-0.4, -0.2) is 21.0 Å². The second-order valence-electron chi connectivity index (χ2n) is 5.14. The molecule has 5 heteroatoms. The molecule has 4 nitrogen and oxygen atoms in total. The molecule has 0 amide bonds. The Morgan fingerprint density at radius 2 is 2.14 bits per heavy atom. The molecule has 0 atom stereocenters. The van der Waals surface area contributed by atoms with Gasteiger partial charge in [-0.3, -0.25) is 4.40 Å². The van der Waals surface area contributed by atoms with Gasteiger partial charge in [0.1, 0.15) is 11.5 Å². The maximum atomic E-state index is 13.5. The van der Waals surface area contributed by atoms with E-state index in [-0.39, 0.29) is 12.4 Å². The number of imidazole rings is 1. The van der Waals surface area contributed by atoms with Crippen LogP contribution < -0.4 is 4.90 Å². The summed E-state index contributed by atoms with van der Waals surface area (Å²) in [5.74, 6) is 0.447. The molecule has 1 aliphatic rings. The van der Waals surface area contributed by atoms with Crippen LogP contribution in [0, 0.1) is 5.82 Å². The van der Waals surface area contributed by atoms with Crippen LogP contribution in [0.1, 0.15) is 11.3 Å². The van der Waals surface area contributed by atoms with E-state index in [2.05, 4.69) is 4.98 Å². The molecule has 3 aromatic rings. The first kappa shape index (κ1) is 12.3. The third kappa shape index (κ3) is 1.81. The van der Waals surface area contributed by atoms with Gasteiger partial charge in [0.25, 0.3) is 0 Å². The number of fused-ring (bicyclic) bond motifs is 2. The highest BCUT2D eigenvalue weighted by Crippen LogP contribution is 2.36. The van der Waals surface area contributed by atoms with Gasteiger partial charge in [-0.15, -0.1) is 0 Å². The molecule has 4 rings (SSSR count). The van der Waals surface area contributed by atoms with Crippen LogP contribution in [-0.2, 0) is 13.0 Å². The maximum Gasteiger partial charge on any atom is 0.158 e. The van der Waals surface area contributed by atoms with E-state index < -0.39 is 0 Å². The fraction of sp³-hybridized carbons (Fsp3) is 0.188. The van der Waals surface area contributed by atoms with E-state index in [0.29, 0.717) is 5.82 Å². The molecular weight excluding hydrogens is 269 g/mol. The standard InChI is InChI=1S/C16H14FN3O/c17-12-5-4-11-6-8-20(13(11)9-12)16-14(10-21)19-7-2-1-3-15(19)18-16/h1-5,7,9,21H,6,8,10H2. The second kappa shape index (κ2) is 4.56. The van der Waals surface area contributed by atoms with Gasteiger partial charge in [-0.05, 0) is 36.2 Å². The Kier molecular flexibility index (Phi) is 2.68. The zero-order valence-corrected chi connectivity index (χ0v) is 11.3. The van der Waals surface area contributed by atoms with Crippen molar-refractivity contribution < 1.29 is 9.50 Å². The number of aliphatic hydroxyl groups excluding tert-OH is 1. The molecule has 0 unspecified atom stereocenters. The maximum absolute atomic E-state index is 13.5. The van der Waals surface area contributed by atoms with Gasteiger partial charge in [0.05, 0.1) is 12.3 Å². The SMILES string of the molecule is OCc1c(N2CCc3ccc(F)cc32)nc2ccccn12. The Morgan fingerprint density at radius 1 is 1.24 bits per heavy atom. The summed E-state index contributed by atoms with van der Waals surface area (Å²) in [6.07, 6.45) is 2.73. The smallest absolute Gasteiger partial charge is 0.158 e. The largest absolute Gasteiger partial charge is 0.390 e. The molecule has 1 N–H and O–H groups in total. The fourth-order valence-corrected chi connectivity index (χ4v) is 2.97. The third-order valence-corrected chi connectivity index (χ3v) is 3.96. The van der Waals surface area contributed by atoms with E-state index in [1.54, 1.807) is 0 Å². The molecule has 0 fully saturated rings. The van der Waals surface area contributed by atoms with Gasteiger partial charge >= 0.3 is 0 Å². The molecule has 0 saturated heterocycles. The normalized spacial score (nSPS) is 13.9. The molecule has 3 heterocycles. The molecule has 21 heavy (non-hydrogen) atoms. The average molecular weight is 283 g/mol. The topological polar surface area (TPSA) is 40.8 Å². The number of pyridine rings is 1. The fourth-order valence-electron chi connectivity index (χ4n) is 2.97. The summed E-state index contributed by atoms with van der Waals surface area (Å²) in [4.78, 5) is 6.58. The Balaban J connectivity index is 1.91. The van der Waals surface area contributed by atoms with E-state index in [1.807, 2.05) is 39.8 Å². The van der Waals surface area contributed by atoms with Crippen LogP contribution in [0.4, 0.5) is 15.9 Å². The van der Waals surface area contributed by atoms with Crippen LogP contribution in [0.15, 0.2) is 42.6 Å². The van der Waals surface area contributed by atoms with Gasteiger partial charge in [0.2, 0.25) is 0 Å². The first-order chi connectivity index (χ1) is 10.3. The van der Waals surface area contributed by atoms with Crippen LogP contribution in [0.25, 0.3) is 5.65 Å². The number of rotatable bonds is 2. The number of nitrogens with zero attached hydrogens (tertiary/aromatic N) is 3. The number of benzene rings is 1. The molecule has 106 valence electrons. The number of aliphatic hydroxyl groups is 1. The Bertz CT molecular complexity index is 828. The number of anilines is 2. The highest BCUT2D eigenvalue weighted by molar-refractivity contribution is 5.71.